The molecule has 1 aromatic rings. The number of aromatic nitrogens is 2. The number of nitrogens with zero attached hydrogens (tertiary/aromatic N) is 2. The lowest BCUT2D eigenvalue weighted by Crippen LogP contribution is -2.16. The highest BCUT2D eigenvalue weighted by atomic mass is 35.5. The van der Waals surface area contributed by atoms with E-state index in [9.17, 15) is 0 Å². The second-order valence-electron chi connectivity index (χ2n) is 2.46. The summed E-state index contributed by atoms with van der Waals surface area (Å²) in [6, 6.07) is 0. The number of nitrogens with one attached hydrogen (secondary N) is 1. The standard InChI is InChI=1S/C7H10ClN3O/c1-5(12)2-10-7-4-9-3-6(8)11-7/h3-5,12H,2H2,1H3,(H,10,11). The zero-order valence-corrected chi connectivity index (χ0v) is 7.41. The monoisotopic (exact) mass is 187 g/mol. The summed E-state index contributed by atoms with van der Waals surface area (Å²) in [6.07, 6.45) is 2.59. The maximum Gasteiger partial charge on any atom is 0.149 e. The van der Waals surface area contributed by atoms with Crippen LogP contribution in [0.25, 0.3) is 0 Å². The summed E-state index contributed by atoms with van der Waals surface area (Å²) in [6.45, 7) is 2.12. The van der Waals surface area contributed by atoms with Crippen LogP contribution < -0.4 is 5.32 Å². The van der Waals surface area contributed by atoms with Crippen molar-refractivity contribution in [2.24, 2.45) is 0 Å². The Balaban J connectivity index is 2.52. The lowest BCUT2D eigenvalue weighted by Gasteiger charge is -2.06. The van der Waals surface area contributed by atoms with E-state index in [0.29, 0.717) is 17.5 Å². The Morgan fingerprint density at radius 1 is 1.67 bits per heavy atom. The quantitative estimate of drug-likeness (QED) is 0.739. The second-order valence-corrected chi connectivity index (χ2v) is 2.84. The molecular weight excluding hydrogens is 178 g/mol. The van der Waals surface area contributed by atoms with Crippen LogP contribution in [0.1, 0.15) is 6.92 Å². The molecule has 5 heteroatoms. The van der Waals surface area contributed by atoms with Crippen molar-refractivity contribution in [1.29, 1.82) is 0 Å². The molecule has 0 amide bonds. The van der Waals surface area contributed by atoms with Crippen LogP contribution in [0.3, 0.4) is 0 Å². The van der Waals surface area contributed by atoms with Crippen LogP contribution in [0.2, 0.25) is 5.15 Å². The molecule has 12 heavy (non-hydrogen) atoms. The molecule has 4 nitrogen and oxygen atoms in total. The van der Waals surface area contributed by atoms with Crippen molar-refractivity contribution >= 4 is 17.4 Å². The first-order valence-corrected chi connectivity index (χ1v) is 3.96. The smallest absolute Gasteiger partial charge is 0.149 e. The Bertz CT molecular complexity index is 254. The fraction of sp³-hybridized carbons (Fsp3) is 0.429. The van der Waals surface area contributed by atoms with E-state index in [4.69, 9.17) is 16.7 Å². The molecule has 1 aromatic heterocycles. The molecule has 1 unspecified atom stereocenters. The molecule has 0 spiro atoms. The minimum Gasteiger partial charge on any atom is -0.392 e. The maximum absolute atomic E-state index is 8.94. The van der Waals surface area contributed by atoms with Crippen molar-refractivity contribution in [3.63, 3.8) is 0 Å². The Hall–Kier alpha value is -0.870. The zero-order chi connectivity index (χ0) is 8.97. The molecule has 0 bridgehead atoms. The third-order valence-corrected chi connectivity index (χ3v) is 1.37. The molecule has 0 aliphatic carbocycles. The molecule has 0 saturated heterocycles. The van der Waals surface area contributed by atoms with E-state index < -0.39 is 6.10 Å². The highest BCUT2D eigenvalue weighted by Crippen LogP contribution is 2.06. The van der Waals surface area contributed by atoms with Crippen LogP contribution in [0.4, 0.5) is 5.82 Å². The summed E-state index contributed by atoms with van der Waals surface area (Å²) >= 11 is 5.58. The van der Waals surface area contributed by atoms with Gasteiger partial charge in [-0.05, 0) is 6.92 Å². The number of aliphatic hydroxyl groups is 1. The molecule has 2 N–H and O–H groups in total. The van der Waals surface area contributed by atoms with Gasteiger partial charge in [-0.25, -0.2) is 4.98 Å². The summed E-state index contributed by atoms with van der Waals surface area (Å²) in [5.74, 6) is 0.573. The Morgan fingerprint density at radius 3 is 3.00 bits per heavy atom. The number of rotatable bonds is 3. The van der Waals surface area contributed by atoms with E-state index in [1.54, 1.807) is 13.1 Å². The first-order valence-electron chi connectivity index (χ1n) is 3.58. The molecule has 66 valence electrons. The Labute approximate surface area is 75.6 Å². The van der Waals surface area contributed by atoms with Crippen LogP contribution in [0.5, 0.6) is 0 Å². The van der Waals surface area contributed by atoms with Crippen molar-refractivity contribution in [1.82, 2.24) is 9.97 Å². The molecule has 0 saturated carbocycles. The zero-order valence-electron chi connectivity index (χ0n) is 6.66. The van der Waals surface area contributed by atoms with Crippen molar-refractivity contribution in [2.75, 3.05) is 11.9 Å². The average molecular weight is 188 g/mol. The Kier molecular flexibility index (Phi) is 3.25. The molecular formula is C7H10ClN3O. The van der Waals surface area contributed by atoms with Crippen LogP contribution in [0.15, 0.2) is 12.4 Å². The first kappa shape index (κ1) is 9.22. The summed E-state index contributed by atoms with van der Waals surface area (Å²) in [5, 5.41) is 12.2. The highest BCUT2D eigenvalue weighted by molar-refractivity contribution is 6.29. The fourth-order valence-corrected chi connectivity index (χ4v) is 0.827. The number of hydrogen-bond donors (Lipinski definition) is 2. The van der Waals surface area contributed by atoms with Gasteiger partial charge in [0, 0.05) is 6.54 Å². The van der Waals surface area contributed by atoms with Crippen LogP contribution in [-0.2, 0) is 0 Å². The van der Waals surface area contributed by atoms with Gasteiger partial charge in [0.15, 0.2) is 0 Å². The van der Waals surface area contributed by atoms with Gasteiger partial charge in [-0.3, -0.25) is 4.98 Å². The van der Waals surface area contributed by atoms with Crippen LogP contribution >= 0.6 is 11.6 Å². The van der Waals surface area contributed by atoms with Gasteiger partial charge in [0.25, 0.3) is 0 Å². The summed E-state index contributed by atoms with van der Waals surface area (Å²) in [5.41, 5.74) is 0. The van der Waals surface area contributed by atoms with E-state index in [1.165, 1.54) is 6.20 Å². The van der Waals surface area contributed by atoms with Crippen molar-refractivity contribution in [3.05, 3.63) is 17.5 Å². The van der Waals surface area contributed by atoms with Crippen molar-refractivity contribution < 1.29 is 5.11 Å². The summed E-state index contributed by atoms with van der Waals surface area (Å²) < 4.78 is 0. The third-order valence-electron chi connectivity index (χ3n) is 1.18. The molecule has 1 atom stereocenters. The van der Waals surface area contributed by atoms with Gasteiger partial charge >= 0.3 is 0 Å². The van der Waals surface area contributed by atoms with E-state index in [1.807, 2.05) is 0 Å². The topological polar surface area (TPSA) is 58.0 Å². The molecule has 0 radical (unpaired) electrons. The molecule has 0 aliphatic heterocycles. The van der Waals surface area contributed by atoms with Gasteiger partial charge in [0.1, 0.15) is 11.0 Å². The predicted molar refractivity (Wildman–Crippen MR) is 47.2 cm³/mol. The normalized spacial score (nSPS) is 12.6. The summed E-state index contributed by atoms with van der Waals surface area (Å²) in [4.78, 5) is 7.75. The van der Waals surface area contributed by atoms with E-state index in [2.05, 4.69) is 15.3 Å². The maximum atomic E-state index is 8.94. The third kappa shape index (κ3) is 3.02. The van der Waals surface area contributed by atoms with Gasteiger partial charge in [0.2, 0.25) is 0 Å². The lowest BCUT2D eigenvalue weighted by molar-refractivity contribution is 0.208. The van der Waals surface area contributed by atoms with Gasteiger partial charge in [0.05, 0.1) is 18.5 Å². The minimum atomic E-state index is -0.411. The number of anilines is 1. The van der Waals surface area contributed by atoms with Crippen molar-refractivity contribution in [3.8, 4) is 0 Å². The van der Waals surface area contributed by atoms with Gasteiger partial charge < -0.3 is 10.4 Å². The fourth-order valence-electron chi connectivity index (χ4n) is 0.680. The average Bonchev–Trinajstić information content (AvgIpc) is 2.01. The predicted octanol–water partition coefficient (Wildman–Crippen LogP) is 0.923. The Morgan fingerprint density at radius 2 is 2.42 bits per heavy atom. The van der Waals surface area contributed by atoms with Crippen LogP contribution in [0, 0.1) is 0 Å². The van der Waals surface area contributed by atoms with Crippen molar-refractivity contribution in [2.45, 2.75) is 13.0 Å². The molecule has 0 fully saturated rings. The molecule has 1 heterocycles. The van der Waals surface area contributed by atoms with E-state index in [0.717, 1.165) is 0 Å². The van der Waals surface area contributed by atoms with Gasteiger partial charge in [-0.2, -0.15) is 0 Å². The summed E-state index contributed by atoms with van der Waals surface area (Å²) in [7, 11) is 0. The van der Waals surface area contributed by atoms with Gasteiger partial charge in [-0.1, -0.05) is 11.6 Å². The van der Waals surface area contributed by atoms with E-state index in [-0.39, 0.29) is 0 Å². The number of hydrogen-bond acceptors (Lipinski definition) is 4. The second kappa shape index (κ2) is 4.23. The largest absolute Gasteiger partial charge is 0.392 e. The molecule has 0 aromatic carbocycles. The van der Waals surface area contributed by atoms with Gasteiger partial charge in [-0.15, -0.1) is 0 Å². The molecule has 1 rings (SSSR count). The minimum absolute atomic E-state index is 0.339. The van der Waals surface area contributed by atoms with Crippen LogP contribution in [-0.4, -0.2) is 27.7 Å². The number of aliphatic hydroxyl groups excluding tert-OH is 1. The number of halogens is 1. The SMILES string of the molecule is CC(O)CNc1cncc(Cl)n1. The molecule has 0 aliphatic rings. The first-order chi connectivity index (χ1) is 5.68. The highest BCUT2D eigenvalue weighted by Gasteiger charge is 1.97. The lowest BCUT2D eigenvalue weighted by atomic mass is 10.4. The van der Waals surface area contributed by atoms with E-state index >= 15 is 0 Å².